The second-order valence-corrected chi connectivity index (χ2v) is 6.48. The van der Waals surface area contributed by atoms with Gasteiger partial charge in [-0.3, -0.25) is 0 Å². The molecule has 0 radical (unpaired) electrons. The molecule has 2 aromatic rings. The lowest BCUT2D eigenvalue weighted by molar-refractivity contribution is 0.439. The van der Waals surface area contributed by atoms with Crippen LogP contribution in [0.25, 0.3) is 11.4 Å². The molecule has 1 aliphatic rings. The van der Waals surface area contributed by atoms with E-state index in [0.717, 1.165) is 30.1 Å². The van der Waals surface area contributed by atoms with E-state index in [0.29, 0.717) is 0 Å². The topological polar surface area (TPSA) is 25.8 Å². The summed E-state index contributed by atoms with van der Waals surface area (Å²) in [6.07, 6.45) is 10.5. The summed E-state index contributed by atoms with van der Waals surface area (Å²) in [5, 5.41) is 0. The molecule has 0 fully saturated rings. The van der Waals surface area contributed by atoms with Gasteiger partial charge >= 0.3 is 0 Å². The molecule has 0 N–H and O–H groups in total. The first kappa shape index (κ1) is 15.2. The molecule has 0 amide bonds. The Morgan fingerprint density at radius 3 is 2.68 bits per heavy atom. The van der Waals surface area contributed by atoms with Crippen LogP contribution in [0.15, 0.2) is 30.5 Å². The molecule has 2 nitrogen and oxygen atoms in total. The molecule has 0 aliphatic heterocycles. The molecule has 1 aromatic heterocycles. The van der Waals surface area contributed by atoms with E-state index in [1.54, 1.807) is 0 Å². The number of aryl methyl sites for hydroxylation is 2. The Hall–Kier alpha value is -1.70. The second kappa shape index (κ2) is 7.04. The highest BCUT2D eigenvalue weighted by Gasteiger charge is 2.19. The predicted octanol–water partition coefficient (Wildman–Crippen LogP) is 5.00. The second-order valence-electron chi connectivity index (χ2n) is 6.48. The zero-order valence-electron chi connectivity index (χ0n) is 13.8. The molecule has 2 heteroatoms. The number of hydrogen-bond donors (Lipinski definition) is 0. The van der Waals surface area contributed by atoms with Gasteiger partial charge in [0.05, 0.1) is 0 Å². The van der Waals surface area contributed by atoms with Crippen LogP contribution in [-0.2, 0) is 19.3 Å². The molecule has 1 atom stereocenters. The third kappa shape index (κ3) is 3.37. The molecule has 1 aromatic carbocycles. The summed E-state index contributed by atoms with van der Waals surface area (Å²) in [5.41, 5.74) is 5.18. The largest absolute Gasteiger partial charge is 0.236 e. The highest BCUT2D eigenvalue weighted by Crippen LogP contribution is 2.27. The minimum absolute atomic E-state index is 0.819. The fourth-order valence-electron chi connectivity index (χ4n) is 3.27. The van der Waals surface area contributed by atoms with E-state index in [2.05, 4.69) is 49.3 Å². The number of hydrogen-bond acceptors (Lipinski definition) is 2. The van der Waals surface area contributed by atoms with Gasteiger partial charge in [0.15, 0.2) is 5.82 Å². The predicted molar refractivity (Wildman–Crippen MR) is 91.9 cm³/mol. The fourth-order valence-corrected chi connectivity index (χ4v) is 3.27. The summed E-state index contributed by atoms with van der Waals surface area (Å²) < 4.78 is 0. The fraction of sp³-hybridized carbons (Fsp3) is 0.500. The number of fused-ring (bicyclic) bond motifs is 1. The summed E-state index contributed by atoms with van der Waals surface area (Å²) in [6, 6.07) is 8.79. The van der Waals surface area contributed by atoms with E-state index in [-0.39, 0.29) is 0 Å². The van der Waals surface area contributed by atoms with Crippen molar-refractivity contribution in [3.63, 3.8) is 0 Å². The third-order valence-electron chi connectivity index (χ3n) is 4.86. The Bertz CT molecular complexity index is 616. The molecular weight excluding hydrogens is 268 g/mol. The Labute approximate surface area is 134 Å². The number of unbranched alkanes of at least 4 members (excludes halogenated alkanes) is 1. The number of benzene rings is 1. The van der Waals surface area contributed by atoms with Gasteiger partial charge in [0.2, 0.25) is 0 Å². The van der Waals surface area contributed by atoms with E-state index in [4.69, 9.17) is 4.98 Å². The summed E-state index contributed by atoms with van der Waals surface area (Å²) in [4.78, 5) is 9.44. The normalized spacial score (nSPS) is 17.3. The number of rotatable bonds is 5. The molecule has 0 spiro atoms. The third-order valence-corrected chi connectivity index (χ3v) is 4.86. The van der Waals surface area contributed by atoms with E-state index < -0.39 is 0 Å². The molecule has 0 saturated heterocycles. The van der Waals surface area contributed by atoms with Crippen LogP contribution >= 0.6 is 0 Å². The Morgan fingerprint density at radius 2 is 1.95 bits per heavy atom. The Balaban J connectivity index is 1.78. The van der Waals surface area contributed by atoms with Crippen LogP contribution in [0, 0.1) is 5.92 Å². The molecule has 22 heavy (non-hydrogen) atoms. The van der Waals surface area contributed by atoms with Crippen molar-refractivity contribution in [1.29, 1.82) is 0 Å². The van der Waals surface area contributed by atoms with Crippen molar-refractivity contribution in [3.05, 3.63) is 47.3 Å². The van der Waals surface area contributed by atoms with Crippen molar-refractivity contribution in [3.8, 4) is 11.4 Å². The van der Waals surface area contributed by atoms with Gasteiger partial charge in [-0.1, -0.05) is 51.0 Å². The van der Waals surface area contributed by atoms with Crippen LogP contribution in [0.4, 0.5) is 0 Å². The zero-order chi connectivity index (χ0) is 15.4. The lowest BCUT2D eigenvalue weighted by Crippen LogP contribution is -2.15. The van der Waals surface area contributed by atoms with Crippen LogP contribution < -0.4 is 0 Å². The zero-order valence-corrected chi connectivity index (χ0v) is 13.8. The van der Waals surface area contributed by atoms with Crippen molar-refractivity contribution < 1.29 is 0 Å². The smallest absolute Gasteiger partial charge is 0.159 e. The van der Waals surface area contributed by atoms with E-state index in [1.165, 1.54) is 48.9 Å². The van der Waals surface area contributed by atoms with Gasteiger partial charge in [-0.15, -0.1) is 0 Å². The van der Waals surface area contributed by atoms with Crippen LogP contribution in [0.2, 0.25) is 0 Å². The average molecular weight is 294 g/mol. The molecule has 1 unspecified atom stereocenters. The maximum absolute atomic E-state index is 4.83. The summed E-state index contributed by atoms with van der Waals surface area (Å²) in [6.45, 7) is 4.52. The highest BCUT2D eigenvalue weighted by molar-refractivity contribution is 5.55. The minimum atomic E-state index is 0.819. The molecule has 0 saturated carbocycles. The molecule has 1 aliphatic carbocycles. The number of nitrogens with zero attached hydrogens (tertiary/aromatic N) is 2. The highest BCUT2D eigenvalue weighted by atomic mass is 14.9. The maximum atomic E-state index is 4.83. The van der Waals surface area contributed by atoms with Gasteiger partial charge in [0.25, 0.3) is 0 Å². The standard InChI is InChI=1S/C20H26N2/c1-3-5-6-16-7-10-17(11-8-16)20-21-14-18-13-15(4-2)9-12-19(18)22-20/h7-8,10-11,14-15H,3-6,9,12-13H2,1-2H3. The average Bonchev–Trinajstić information content (AvgIpc) is 2.59. The number of aromatic nitrogens is 2. The van der Waals surface area contributed by atoms with Crippen molar-refractivity contribution in [2.24, 2.45) is 5.92 Å². The lowest BCUT2D eigenvalue weighted by Gasteiger charge is -2.22. The van der Waals surface area contributed by atoms with Crippen molar-refractivity contribution in [2.45, 2.75) is 58.8 Å². The van der Waals surface area contributed by atoms with Crippen molar-refractivity contribution in [2.75, 3.05) is 0 Å². The van der Waals surface area contributed by atoms with Gasteiger partial charge in [-0.05, 0) is 49.1 Å². The monoisotopic (exact) mass is 294 g/mol. The Kier molecular flexibility index (Phi) is 4.87. The minimum Gasteiger partial charge on any atom is -0.236 e. The summed E-state index contributed by atoms with van der Waals surface area (Å²) in [7, 11) is 0. The molecule has 3 rings (SSSR count). The summed E-state index contributed by atoms with van der Waals surface area (Å²) in [5.74, 6) is 1.70. The van der Waals surface area contributed by atoms with Crippen molar-refractivity contribution in [1.82, 2.24) is 9.97 Å². The quantitative estimate of drug-likeness (QED) is 0.775. The van der Waals surface area contributed by atoms with Crippen LogP contribution in [0.1, 0.15) is 56.4 Å². The van der Waals surface area contributed by atoms with Crippen LogP contribution in [0.5, 0.6) is 0 Å². The molecule has 0 bridgehead atoms. The van der Waals surface area contributed by atoms with Gasteiger partial charge in [-0.2, -0.15) is 0 Å². The molecular formula is C20H26N2. The first-order chi connectivity index (χ1) is 10.8. The molecule has 1 heterocycles. The van der Waals surface area contributed by atoms with Gasteiger partial charge in [0, 0.05) is 17.5 Å². The van der Waals surface area contributed by atoms with Crippen LogP contribution in [0.3, 0.4) is 0 Å². The lowest BCUT2D eigenvalue weighted by atomic mass is 9.86. The Morgan fingerprint density at radius 1 is 1.14 bits per heavy atom. The van der Waals surface area contributed by atoms with Crippen molar-refractivity contribution >= 4 is 0 Å². The van der Waals surface area contributed by atoms with E-state index >= 15 is 0 Å². The van der Waals surface area contributed by atoms with Gasteiger partial charge in [-0.25, -0.2) is 9.97 Å². The van der Waals surface area contributed by atoms with Gasteiger partial charge in [0.1, 0.15) is 0 Å². The van der Waals surface area contributed by atoms with E-state index in [9.17, 15) is 0 Å². The molecule has 116 valence electrons. The van der Waals surface area contributed by atoms with Gasteiger partial charge < -0.3 is 0 Å². The van der Waals surface area contributed by atoms with Crippen LogP contribution in [-0.4, -0.2) is 9.97 Å². The summed E-state index contributed by atoms with van der Waals surface area (Å²) >= 11 is 0. The first-order valence-corrected chi connectivity index (χ1v) is 8.74. The maximum Gasteiger partial charge on any atom is 0.159 e. The SMILES string of the molecule is CCCCc1ccc(-c2ncc3c(n2)CCC(CC)C3)cc1. The first-order valence-electron chi connectivity index (χ1n) is 8.74. The van der Waals surface area contributed by atoms with E-state index in [1.807, 2.05) is 0 Å².